The largest absolute Gasteiger partial charge is 0.344 e. The minimum atomic E-state index is 0.0509. The lowest BCUT2D eigenvalue weighted by Gasteiger charge is -2.38. The molecule has 7 aromatic carbocycles. The SMILES string of the molecule is Cc1cccc2ccc3c(N(c4ccccc4)c4ccc5c(c4)Cc4cc(C(=Cc6ccccc6)CC6=CC=C7CC=C8CC=CC9=C8C78CC68C=CC9)ccc4N5C)ccc(cc1)c3c2. The average Bonchev–Trinajstić information content (AvgIpc) is 4.06. The van der Waals surface area contributed by atoms with E-state index in [1.165, 1.54) is 84.0 Å². The first kappa shape index (κ1) is 39.0. The highest BCUT2D eigenvalue weighted by atomic mass is 15.2. The first-order valence-corrected chi connectivity index (χ1v) is 23.8. The lowest BCUT2D eigenvalue weighted by molar-refractivity contribution is 0.543. The molecule has 7 aromatic rings. The lowest BCUT2D eigenvalue weighted by Crippen LogP contribution is -2.27. The van der Waals surface area contributed by atoms with Crippen LogP contribution >= 0.6 is 0 Å². The number of anilines is 5. The number of fused-ring (bicyclic) bond motifs is 3. The van der Waals surface area contributed by atoms with Crippen molar-refractivity contribution >= 4 is 61.6 Å². The Balaban J connectivity index is 0.892. The summed E-state index contributed by atoms with van der Waals surface area (Å²) in [5, 5.41) is 4.91. The van der Waals surface area contributed by atoms with Gasteiger partial charge >= 0.3 is 0 Å². The third-order valence-corrected chi connectivity index (χ3v) is 15.7. The lowest BCUT2D eigenvalue weighted by atomic mass is 9.65. The quantitative estimate of drug-likeness (QED) is 0.116. The topological polar surface area (TPSA) is 6.48 Å². The molecule has 2 unspecified atom stereocenters. The zero-order chi connectivity index (χ0) is 44.0. The van der Waals surface area contributed by atoms with Crippen LogP contribution in [-0.2, 0) is 6.42 Å². The first-order chi connectivity index (χ1) is 32.5. The predicted molar refractivity (Wildman–Crippen MR) is 279 cm³/mol. The molecule has 0 radical (unpaired) electrons. The highest BCUT2D eigenvalue weighted by Gasteiger charge is 2.72. The molecule has 6 aliphatic rings. The van der Waals surface area contributed by atoms with Crippen LogP contribution in [0.5, 0.6) is 0 Å². The molecule has 0 amide bonds. The summed E-state index contributed by atoms with van der Waals surface area (Å²) in [4.78, 5) is 4.85. The molecule has 2 atom stereocenters. The summed E-state index contributed by atoms with van der Waals surface area (Å²) in [5.74, 6) is 0. The number of hydrogen-bond donors (Lipinski definition) is 0. The van der Waals surface area contributed by atoms with Gasteiger partial charge in [0, 0.05) is 52.4 Å². The second-order valence-electron chi connectivity index (χ2n) is 19.4. The molecule has 1 saturated carbocycles. The number of hydrogen-bond acceptors (Lipinski definition) is 2. The molecule has 5 aliphatic carbocycles. The molecule has 66 heavy (non-hydrogen) atoms. The van der Waals surface area contributed by atoms with Crippen molar-refractivity contribution in [3.63, 3.8) is 0 Å². The fourth-order valence-electron chi connectivity index (χ4n) is 12.5. The van der Waals surface area contributed by atoms with Crippen LogP contribution in [0.2, 0.25) is 0 Å². The maximum atomic E-state index is 2.62. The molecule has 1 fully saturated rings. The van der Waals surface area contributed by atoms with E-state index in [1.807, 2.05) is 0 Å². The summed E-state index contributed by atoms with van der Waals surface area (Å²) >= 11 is 0. The maximum Gasteiger partial charge on any atom is 0.0540 e. The Bertz CT molecular complexity index is 3450. The number of nitrogens with zero attached hydrogens (tertiary/aromatic N) is 2. The summed E-state index contributed by atoms with van der Waals surface area (Å²) in [7, 11) is 2.24. The van der Waals surface area contributed by atoms with E-state index in [2.05, 4.69) is 230 Å². The zero-order valence-corrected chi connectivity index (χ0v) is 37.8. The standard InChI is InChI=1S/C64H52N2/c1-43-12-9-15-45-22-31-57-58(37-45)46(23-21-43)25-33-61(57)66(55-19-7-4-8-20-55)56-30-34-60-52(41-56)39-51-38-49(26-32-59(51)65(60)2)50(36-44-13-5-3-6-14-44)40-54-29-28-53-27-24-48-17-10-16-47-18-11-35-63(54)42-64(53,63)62(47)48/h3-16,19-26,28-38,41H,17-18,27,39-40,42H2,1-2H3. The van der Waals surface area contributed by atoms with Crippen molar-refractivity contribution in [1.29, 1.82) is 0 Å². The van der Waals surface area contributed by atoms with Gasteiger partial charge < -0.3 is 9.80 Å². The van der Waals surface area contributed by atoms with Crippen molar-refractivity contribution in [3.8, 4) is 0 Å². The van der Waals surface area contributed by atoms with Crippen molar-refractivity contribution in [1.82, 2.24) is 0 Å². The summed E-state index contributed by atoms with van der Waals surface area (Å²) in [6.07, 6.45) is 26.1. The van der Waals surface area contributed by atoms with Gasteiger partial charge in [-0.25, -0.2) is 0 Å². The Kier molecular flexibility index (Phi) is 8.90. The number of allylic oxidation sites excluding steroid dienone is 13. The van der Waals surface area contributed by atoms with Crippen molar-refractivity contribution in [2.45, 2.75) is 45.4 Å². The van der Waals surface area contributed by atoms with Crippen LogP contribution < -0.4 is 9.80 Å². The van der Waals surface area contributed by atoms with Gasteiger partial charge in [-0.2, -0.15) is 0 Å². The van der Waals surface area contributed by atoms with E-state index < -0.39 is 0 Å². The number of aryl methyl sites for hydroxylation is 1. The zero-order valence-electron chi connectivity index (χ0n) is 37.8. The molecule has 0 N–H and O–H groups in total. The van der Waals surface area contributed by atoms with Gasteiger partial charge in [0.05, 0.1) is 5.69 Å². The second-order valence-corrected chi connectivity index (χ2v) is 19.4. The van der Waals surface area contributed by atoms with E-state index in [4.69, 9.17) is 0 Å². The minimum Gasteiger partial charge on any atom is -0.344 e. The fourth-order valence-corrected chi connectivity index (χ4v) is 12.5. The Morgan fingerprint density at radius 1 is 0.682 bits per heavy atom. The van der Waals surface area contributed by atoms with E-state index in [-0.39, 0.29) is 10.8 Å². The van der Waals surface area contributed by atoms with Gasteiger partial charge in [0.2, 0.25) is 0 Å². The second kappa shape index (κ2) is 15.1. The van der Waals surface area contributed by atoms with Gasteiger partial charge in [0.1, 0.15) is 0 Å². The molecule has 318 valence electrons. The van der Waals surface area contributed by atoms with Crippen LogP contribution in [0.4, 0.5) is 28.4 Å². The van der Waals surface area contributed by atoms with Crippen molar-refractivity contribution in [2.24, 2.45) is 10.8 Å². The highest BCUT2D eigenvalue weighted by molar-refractivity contribution is 6.09. The molecule has 0 saturated heterocycles. The van der Waals surface area contributed by atoms with Gasteiger partial charge in [-0.05, 0) is 154 Å². The van der Waals surface area contributed by atoms with Crippen LogP contribution in [-0.4, -0.2) is 7.05 Å². The molecule has 2 nitrogen and oxygen atoms in total. The normalized spacial score (nSPS) is 20.9. The van der Waals surface area contributed by atoms with Crippen LogP contribution in [0.1, 0.15) is 59.9 Å². The molecule has 1 aliphatic heterocycles. The van der Waals surface area contributed by atoms with Gasteiger partial charge in [-0.15, -0.1) is 0 Å². The number of rotatable bonds is 7. The third kappa shape index (κ3) is 6.08. The molecular weight excluding hydrogens is 797 g/mol. The van der Waals surface area contributed by atoms with Crippen molar-refractivity contribution in [2.75, 3.05) is 16.8 Å². The summed E-state index contributed by atoms with van der Waals surface area (Å²) in [6, 6.07) is 58.6. The fraction of sp³-hybridized carbons (Fsp3) is 0.156. The van der Waals surface area contributed by atoms with E-state index in [0.29, 0.717) is 0 Å². The third-order valence-electron chi connectivity index (χ3n) is 15.7. The van der Waals surface area contributed by atoms with E-state index in [0.717, 1.165) is 43.5 Å². The molecular formula is C64H52N2. The van der Waals surface area contributed by atoms with Gasteiger partial charge in [-0.1, -0.05) is 168 Å². The molecule has 2 bridgehead atoms. The number of para-hydroxylation sites is 1. The van der Waals surface area contributed by atoms with Crippen molar-refractivity contribution < 1.29 is 0 Å². The van der Waals surface area contributed by atoms with E-state index >= 15 is 0 Å². The highest BCUT2D eigenvalue weighted by Crippen LogP contribution is 2.81. The molecule has 1 spiro atoms. The average molecular weight is 849 g/mol. The monoisotopic (exact) mass is 848 g/mol. The number of benzene rings is 6. The van der Waals surface area contributed by atoms with Gasteiger partial charge in [-0.3, -0.25) is 0 Å². The van der Waals surface area contributed by atoms with Crippen molar-refractivity contribution in [3.05, 3.63) is 256 Å². The smallest absolute Gasteiger partial charge is 0.0540 e. The van der Waals surface area contributed by atoms with E-state index in [9.17, 15) is 0 Å². The maximum absolute atomic E-state index is 2.62. The van der Waals surface area contributed by atoms with E-state index in [1.54, 1.807) is 22.3 Å². The van der Waals surface area contributed by atoms with Gasteiger partial charge in [0.15, 0.2) is 0 Å². The summed E-state index contributed by atoms with van der Waals surface area (Å²) in [6.45, 7) is 2.16. The van der Waals surface area contributed by atoms with Gasteiger partial charge in [0.25, 0.3) is 0 Å². The molecule has 13 rings (SSSR count). The summed E-state index contributed by atoms with van der Waals surface area (Å²) in [5.41, 5.74) is 22.0. The Morgan fingerprint density at radius 2 is 1.50 bits per heavy atom. The molecule has 1 heterocycles. The molecule has 0 aromatic heterocycles. The Hall–Kier alpha value is -7.42. The van der Waals surface area contributed by atoms with Crippen LogP contribution in [0.15, 0.2) is 228 Å². The first-order valence-electron chi connectivity index (χ1n) is 23.8. The van der Waals surface area contributed by atoms with Crippen LogP contribution in [0.25, 0.3) is 33.2 Å². The van der Waals surface area contributed by atoms with Crippen LogP contribution in [0.3, 0.4) is 0 Å². The summed E-state index contributed by atoms with van der Waals surface area (Å²) < 4.78 is 0. The Morgan fingerprint density at radius 3 is 2.38 bits per heavy atom. The van der Waals surface area contributed by atoms with Crippen LogP contribution in [0, 0.1) is 17.8 Å². The molecule has 2 heteroatoms. The predicted octanol–water partition coefficient (Wildman–Crippen LogP) is 16.7. The Labute approximate surface area is 388 Å². The minimum absolute atomic E-state index is 0.0509.